The zero-order valence-electron chi connectivity index (χ0n) is 16.1. The molecule has 4 rings (SSSR count). The average Bonchev–Trinajstić information content (AvgIpc) is 3.15. The van der Waals surface area contributed by atoms with Crippen molar-refractivity contribution in [1.29, 1.82) is 0 Å². The van der Waals surface area contributed by atoms with Crippen LogP contribution in [-0.2, 0) is 4.79 Å². The van der Waals surface area contributed by atoms with E-state index in [0.717, 1.165) is 44.5 Å². The highest BCUT2D eigenvalue weighted by molar-refractivity contribution is 5.96. The molecule has 0 atom stereocenters. The summed E-state index contributed by atoms with van der Waals surface area (Å²) in [4.78, 5) is 23.2. The van der Waals surface area contributed by atoms with Crippen molar-refractivity contribution < 1.29 is 9.53 Å². The van der Waals surface area contributed by atoms with Gasteiger partial charge in [0.2, 0.25) is 11.8 Å². The van der Waals surface area contributed by atoms with Crippen molar-refractivity contribution in [3.05, 3.63) is 72.2 Å². The van der Waals surface area contributed by atoms with E-state index in [4.69, 9.17) is 10.5 Å². The predicted molar refractivity (Wildman–Crippen MR) is 114 cm³/mol. The molecule has 1 aromatic carbocycles. The second-order valence-corrected chi connectivity index (χ2v) is 6.72. The van der Waals surface area contributed by atoms with E-state index in [-0.39, 0.29) is 0 Å². The third-order valence-electron chi connectivity index (χ3n) is 4.64. The standard InChI is InChI=1S/C23H20N4O2/c1-14-8-17(11-22(27-14)29-2)20-13-26-23-19(20)10-18(12-25-23)16-5-3-4-15(9-16)6-7-21(24)28/h3-13H,1-2H3,(H2,24,28)(H,25,26). The summed E-state index contributed by atoms with van der Waals surface area (Å²) < 4.78 is 5.32. The Kier molecular flexibility index (Phi) is 4.83. The number of nitrogens with one attached hydrogen (secondary N) is 1. The van der Waals surface area contributed by atoms with Crippen molar-refractivity contribution in [2.45, 2.75) is 6.92 Å². The molecule has 6 nitrogen and oxygen atoms in total. The second kappa shape index (κ2) is 7.59. The minimum Gasteiger partial charge on any atom is -0.481 e. The Balaban J connectivity index is 1.79. The van der Waals surface area contributed by atoms with Crippen molar-refractivity contribution in [3.8, 4) is 28.1 Å². The molecule has 3 aromatic heterocycles. The number of nitrogens with zero attached hydrogens (tertiary/aromatic N) is 2. The first-order chi connectivity index (χ1) is 14.0. The van der Waals surface area contributed by atoms with Crippen LogP contribution >= 0.6 is 0 Å². The molecule has 6 heteroatoms. The molecule has 144 valence electrons. The Morgan fingerprint density at radius 1 is 1.14 bits per heavy atom. The molecule has 1 amide bonds. The molecule has 0 radical (unpaired) electrons. The Morgan fingerprint density at radius 3 is 2.79 bits per heavy atom. The number of hydrogen-bond acceptors (Lipinski definition) is 4. The van der Waals surface area contributed by atoms with E-state index in [9.17, 15) is 4.79 Å². The van der Waals surface area contributed by atoms with Crippen LogP contribution in [0.5, 0.6) is 5.88 Å². The van der Waals surface area contributed by atoms with E-state index in [1.54, 1.807) is 13.2 Å². The summed E-state index contributed by atoms with van der Waals surface area (Å²) in [5.41, 5.74) is 11.8. The number of H-pyrrole nitrogens is 1. The summed E-state index contributed by atoms with van der Waals surface area (Å²) in [6, 6.07) is 13.9. The van der Waals surface area contributed by atoms with E-state index in [1.807, 2.05) is 55.7 Å². The number of primary amides is 1. The summed E-state index contributed by atoms with van der Waals surface area (Å²) in [6.07, 6.45) is 6.83. The maximum Gasteiger partial charge on any atom is 0.241 e. The van der Waals surface area contributed by atoms with E-state index >= 15 is 0 Å². The lowest BCUT2D eigenvalue weighted by Gasteiger charge is -2.07. The fourth-order valence-corrected chi connectivity index (χ4v) is 3.30. The highest BCUT2D eigenvalue weighted by atomic mass is 16.5. The lowest BCUT2D eigenvalue weighted by Crippen LogP contribution is -2.05. The number of aromatic amines is 1. The number of rotatable bonds is 5. The van der Waals surface area contributed by atoms with Gasteiger partial charge < -0.3 is 15.5 Å². The first-order valence-corrected chi connectivity index (χ1v) is 9.11. The van der Waals surface area contributed by atoms with Gasteiger partial charge in [-0.25, -0.2) is 9.97 Å². The molecule has 3 heterocycles. The first kappa shape index (κ1) is 18.4. The molecule has 0 aliphatic heterocycles. The van der Waals surface area contributed by atoms with Crippen LogP contribution in [0.2, 0.25) is 0 Å². The number of pyridine rings is 2. The third kappa shape index (κ3) is 3.87. The summed E-state index contributed by atoms with van der Waals surface area (Å²) in [7, 11) is 1.61. The summed E-state index contributed by atoms with van der Waals surface area (Å²) in [6.45, 7) is 1.94. The Bertz CT molecular complexity index is 1240. The average molecular weight is 384 g/mol. The van der Waals surface area contributed by atoms with Crippen molar-refractivity contribution in [2.24, 2.45) is 5.73 Å². The fraction of sp³-hybridized carbons (Fsp3) is 0.0870. The van der Waals surface area contributed by atoms with Gasteiger partial charge in [-0.1, -0.05) is 18.2 Å². The van der Waals surface area contributed by atoms with Crippen LogP contribution < -0.4 is 10.5 Å². The Labute approximate surface area is 168 Å². The molecule has 0 aliphatic rings. The number of amides is 1. The highest BCUT2D eigenvalue weighted by Gasteiger charge is 2.11. The smallest absolute Gasteiger partial charge is 0.241 e. The van der Waals surface area contributed by atoms with Gasteiger partial charge in [0.05, 0.1) is 7.11 Å². The molecule has 0 unspecified atom stereocenters. The van der Waals surface area contributed by atoms with Crippen molar-refractivity contribution >= 4 is 23.0 Å². The quantitative estimate of drug-likeness (QED) is 0.506. The molecule has 0 saturated carbocycles. The molecular weight excluding hydrogens is 364 g/mol. The maximum atomic E-state index is 11.0. The normalized spacial score (nSPS) is 11.2. The largest absolute Gasteiger partial charge is 0.481 e. The summed E-state index contributed by atoms with van der Waals surface area (Å²) >= 11 is 0. The van der Waals surface area contributed by atoms with Crippen LogP contribution in [0.1, 0.15) is 11.3 Å². The molecule has 0 saturated heterocycles. The maximum absolute atomic E-state index is 11.0. The zero-order chi connectivity index (χ0) is 20.4. The topological polar surface area (TPSA) is 93.9 Å². The van der Waals surface area contributed by atoms with Gasteiger partial charge in [-0.2, -0.15) is 0 Å². The number of carbonyl (C=O) groups excluding carboxylic acids is 1. The Morgan fingerprint density at radius 2 is 2.00 bits per heavy atom. The lowest BCUT2D eigenvalue weighted by atomic mass is 10.0. The van der Waals surface area contributed by atoms with Crippen LogP contribution in [0, 0.1) is 6.92 Å². The number of methoxy groups -OCH3 is 1. The van der Waals surface area contributed by atoms with Crippen LogP contribution in [0.25, 0.3) is 39.4 Å². The first-order valence-electron chi connectivity index (χ1n) is 9.11. The summed E-state index contributed by atoms with van der Waals surface area (Å²) in [5, 5.41) is 1.01. The van der Waals surface area contributed by atoms with Crippen LogP contribution in [0.15, 0.2) is 60.9 Å². The van der Waals surface area contributed by atoms with Gasteiger partial charge in [0, 0.05) is 46.7 Å². The van der Waals surface area contributed by atoms with Crippen LogP contribution in [0.3, 0.4) is 0 Å². The molecule has 29 heavy (non-hydrogen) atoms. The van der Waals surface area contributed by atoms with Gasteiger partial charge in [-0.3, -0.25) is 4.79 Å². The number of aryl methyl sites for hydroxylation is 1. The van der Waals surface area contributed by atoms with Gasteiger partial charge in [0.15, 0.2) is 0 Å². The SMILES string of the molecule is COc1cc(-c2c[nH]c3ncc(-c4cccc(C=CC(N)=O)c4)cc23)cc(C)n1. The second-order valence-electron chi connectivity index (χ2n) is 6.72. The lowest BCUT2D eigenvalue weighted by molar-refractivity contribution is -0.113. The fourth-order valence-electron chi connectivity index (χ4n) is 3.30. The van der Waals surface area contributed by atoms with Crippen LogP contribution in [-0.4, -0.2) is 28.0 Å². The van der Waals surface area contributed by atoms with E-state index in [1.165, 1.54) is 6.08 Å². The number of aromatic nitrogens is 3. The molecule has 0 fully saturated rings. The number of hydrogen-bond donors (Lipinski definition) is 2. The number of nitrogens with two attached hydrogens (primary N) is 1. The van der Waals surface area contributed by atoms with E-state index in [0.29, 0.717) is 5.88 Å². The van der Waals surface area contributed by atoms with Gasteiger partial charge in [-0.05, 0) is 47.9 Å². The van der Waals surface area contributed by atoms with Crippen molar-refractivity contribution in [2.75, 3.05) is 7.11 Å². The van der Waals surface area contributed by atoms with Crippen molar-refractivity contribution in [1.82, 2.24) is 15.0 Å². The van der Waals surface area contributed by atoms with Gasteiger partial charge in [0.25, 0.3) is 0 Å². The minimum atomic E-state index is -0.474. The van der Waals surface area contributed by atoms with Crippen molar-refractivity contribution in [3.63, 3.8) is 0 Å². The monoisotopic (exact) mass is 384 g/mol. The number of ether oxygens (including phenoxy) is 1. The minimum absolute atomic E-state index is 0.474. The molecule has 0 bridgehead atoms. The van der Waals surface area contributed by atoms with Gasteiger partial charge in [0.1, 0.15) is 5.65 Å². The highest BCUT2D eigenvalue weighted by Crippen LogP contribution is 2.32. The van der Waals surface area contributed by atoms with Gasteiger partial charge >= 0.3 is 0 Å². The van der Waals surface area contributed by atoms with E-state index in [2.05, 4.69) is 21.0 Å². The molecule has 4 aromatic rings. The molecular formula is C23H20N4O2. The molecule has 3 N–H and O–H groups in total. The van der Waals surface area contributed by atoms with Gasteiger partial charge in [-0.15, -0.1) is 0 Å². The Hall–Kier alpha value is -3.93. The van der Waals surface area contributed by atoms with E-state index < -0.39 is 5.91 Å². The molecule has 0 aliphatic carbocycles. The summed E-state index contributed by atoms with van der Waals surface area (Å²) in [5.74, 6) is 0.103. The number of carbonyl (C=O) groups is 1. The molecule has 0 spiro atoms. The number of fused-ring (bicyclic) bond motifs is 1. The zero-order valence-corrected chi connectivity index (χ0v) is 16.1. The predicted octanol–water partition coefficient (Wildman–Crippen LogP) is 4.11. The third-order valence-corrected chi connectivity index (χ3v) is 4.64. The van der Waals surface area contributed by atoms with Crippen LogP contribution in [0.4, 0.5) is 0 Å². The number of benzene rings is 1.